The lowest BCUT2D eigenvalue weighted by molar-refractivity contribution is 0.877. The molecular weight excluding hydrogens is 377 g/mol. The zero-order chi connectivity index (χ0) is 14.8. The van der Waals surface area contributed by atoms with Gasteiger partial charge < -0.3 is 4.57 Å². The molecule has 0 saturated carbocycles. The monoisotopic (exact) mass is 391 g/mol. The topological polar surface area (TPSA) is 48.0 Å². The third-order valence-corrected chi connectivity index (χ3v) is 3.94. The number of halogens is 1. The molecule has 6 heteroatoms. The Kier molecular flexibility index (Phi) is 3.87. The highest BCUT2D eigenvalue weighted by atomic mass is 127. The van der Waals surface area contributed by atoms with Gasteiger partial charge in [-0.1, -0.05) is 6.07 Å². The third kappa shape index (κ3) is 2.90. The van der Waals surface area contributed by atoms with Crippen molar-refractivity contribution in [1.29, 1.82) is 0 Å². The molecule has 106 valence electrons. The van der Waals surface area contributed by atoms with Gasteiger partial charge in [-0.2, -0.15) is 5.10 Å². The minimum atomic E-state index is 1.08. The normalized spacial score (nSPS) is 11.4. The molecule has 0 bridgehead atoms. The molecule has 0 spiro atoms. The smallest absolute Gasteiger partial charge is 0.141 e. The summed E-state index contributed by atoms with van der Waals surface area (Å²) < 4.78 is 5.03. The molecule has 0 atom stereocenters. The van der Waals surface area contributed by atoms with Gasteiger partial charge >= 0.3 is 0 Å². The molecule has 21 heavy (non-hydrogen) atoms. The molecule has 2 heterocycles. The predicted octanol–water partition coefficient (Wildman–Crippen LogP) is 3.17. The molecule has 0 N–H and O–H groups in total. The summed E-state index contributed by atoms with van der Waals surface area (Å²) in [6, 6.07) is 10.6. The van der Waals surface area contributed by atoms with Gasteiger partial charge in [0, 0.05) is 26.2 Å². The van der Waals surface area contributed by atoms with Crippen molar-refractivity contribution in [1.82, 2.24) is 19.4 Å². The van der Waals surface area contributed by atoms with Gasteiger partial charge in [-0.3, -0.25) is 0 Å². The lowest BCUT2D eigenvalue weighted by Crippen LogP contribution is -2.00. The van der Waals surface area contributed by atoms with E-state index in [4.69, 9.17) is 0 Å². The number of nitrogens with zero attached hydrogens (tertiary/aromatic N) is 5. The van der Waals surface area contributed by atoms with E-state index < -0.39 is 0 Å². The quantitative estimate of drug-likeness (QED) is 0.509. The number of aromatic nitrogens is 4. The van der Waals surface area contributed by atoms with Crippen molar-refractivity contribution in [2.45, 2.75) is 13.8 Å². The molecule has 0 unspecified atom stereocenters. The SMILES string of the molecule is Cc1cc(/C=N/n2cnnc2)c(C)n1-c1cccc(I)c1. The van der Waals surface area contributed by atoms with Crippen LogP contribution in [0.1, 0.15) is 17.0 Å². The van der Waals surface area contributed by atoms with Crippen LogP contribution in [0.4, 0.5) is 0 Å². The molecule has 0 aliphatic heterocycles. The standard InChI is InChI=1S/C15H14IN5/c1-11-6-13(8-19-20-9-17-18-10-20)12(2)21(11)15-5-3-4-14(16)7-15/h3-10H,1-2H3/b19-8+. The molecule has 0 aliphatic carbocycles. The van der Waals surface area contributed by atoms with Gasteiger partial charge in [0.1, 0.15) is 12.7 Å². The molecule has 0 radical (unpaired) electrons. The second-order valence-corrected chi connectivity index (χ2v) is 5.97. The summed E-state index contributed by atoms with van der Waals surface area (Å²) in [5.41, 5.74) is 4.59. The summed E-state index contributed by atoms with van der Waals surface area (Å²) in [4.78, 5) is 0. The van der Waals surface area contributed by atoms with E-state index in [0.29, 0.717) is 0 Å². The van der Waals surface area contributed by atoms with Crippen molar-refractivity contribution in [2.24, 2.45) is 5.10 Å². The predicted molar refractivity (Wildman–Crippen MR) is 91.0 cm³/mol. The molecule has 0 saturated heterocycles. The zero-order valence-corrected chi connectivity index (χ0v) is 13.9. The van der Waals surface area contributed by atoms with Crippen LogP contribution in [0.5, 0.6) is 0 Å². The van der Waals surface area contributed by atoms with Crippen LogP contribution in [0.25, 0.3) is 5.69 Å². The minimum Gasteiger partial charge on any atom is -0.318 e. The Morgan fingerprint density at radius 3 is 2.62 bits per heavy atom. The van der Waals surface area contributed by atoms with Crippen LogP contribution >= 0.6 is 22.6 Å². The second-order valence-electron chi connectivity index (χ2n) is 4.73. The van der Waals surface area contributed by atoms with Gasteiger partial charge in [-0.05, 0) is 60.7 Å². The first kappa shape index (κ1) is 14.0. The van der Waals surface area contributed by atoms with Crippen LogP contribution in [0, 0.1) is 17.4 Å². The largest absolute Gasteiger partial charge is 0.318 e. The van der Waals surface area contributed by atoms with Gasteiger partial charge in [0.15, 0.2) is 0 Å². The van der Waals surface area contributed by atoms with E-state index in [1.54, 1.807) is 17.3 Å². The fraction of sp³-hybridized carbons (Fsp3) is 0.133. The highest BCUT2D eigenvalue weighted by Crippen LogP contribution is 2.21. The van der Waals surface area contributed by atoms with Crippen LogP contribution in [-0.4, -0.2) is 25.7 Å². The van der Waals surface area contributed by atoms with Gasteiger partial charge in [0.25, 0.3) is 0 Å². The van der Waals surface area contributed by atoms with Crippen molar-refractivity contribution < 1.29 is 0 Å². The third-order valence-electron chi connectivity index (χ3n) is 3.27. The Bertz CT molecular complexity index is 787. The lowest BCUT2D eigenvalue weighted by atomic mass is 10.2. The van der Waals surface area contributed by atoms with Crippen molar-refractivity contribution in [2.75, 3.05) is 0 Å². The van der Waals surface area contributed by atoms with E-state index in [1.165, 1.54) is 15.0 Å². The Morgan fingerprint density at radius 2 is 1.90 bits per heavy atom. The highest BCUT2D eigenvalue weighted by Gasteiger charge is 2.09. The van der Waals surface area contributed by atoms with Gasteiger partial charge in [0.05, 0.1) is 6.21 Å². The molecule has 0 fully saturated rings. The Labute approximate surface area is 136 Å². The summed E-state index contributed by atoms with van der Waals surface area (Å²) in [5.74, 6) is 0. The number of aryl methyl sites for hydroxylation is 1. The van der Waals surface area contributed by atoms with E-state index in [0.717, 1.165) is 11.3 Å². The molecule has 3 rings (SSSR count). The van der Waals surface area contributed by atoms with Crippen LogP contribution in [0.2, 0.25) is 0 Å². The molecule has 5 nitrogen and oxygen atoms in total. The number of hydrogen-bond donors (Lipinski definition) is 0. The molecule has 0 amide bonds. The summed E-state index contributed by atoms with van der Waals surface area (Å²) in [6.07, 6.45) is 4.96. The highest BCUT2D eigenvalue weighted by molar-refractivity contribution is 14.1. The maximum Gasteiger partial charge on any atom is 0.141 e. The van der Waals surface area contributed by atoms with Gasteiger partial charge in [-0.25, -0.2) is 4.68 Å². The van der Waals surface area contributed by atoms with Crippen LogP contribution in [0.3, 0.4) is 0 Å². The van der Waals surface area contributed by atoms with Crippen LogP contribution < -0.4 is 0 Å². The van der Waals surface area contributed by atoms with Crippen LogP contribution in [-0.2, 0) is 0 Å². The zero-order valence-electron chi connectivity index (χ0n) is 11.7. The van der Waals surface area contributed by atoms with Crippen LogP contribution in [0.15, 0.2) is 48.1 Å². The van der Waals surface area contributed by atoms with Crippen molar-refractivity contribution >= 4 is 28.8 Å². The lowest BCUT2D eigenvalue weighted by Gasteiger charge is -2.09. The number of rotatable bonds is 3. The first-order valence-electron chi connectivity index (χ1n) is 6.49. The number of benzene rings is 1. The maximum atomic E-state index is 4.31. The Hall–Kier alpha value is -1.96. The van der Waals surface area contributed by atoms with E-state index in [9.17, 15) is 0 Å². The summed E-state index contributed by atoms with van der Waals surface area (Å²) >= 11 is 2.33. The fourth-order valence-corrected chi connectivity index (χ4v) is 2.84. The summed E-state index contributed by atoms with van der Waals surface area (Å²) in [7, 11) is 0. The molecule has 1 aromatic carbocycles. The molecular formula is C15H14IN5. The summed E-state index contributed by atoms with van der Waals surface area (Å²) in [6.45, 7) is 4.20. The second kappa shape index (κ2) is 5.80. The fourth-order valence-electron chi connectivity index (χ4n) is 2.31. The minimum absolute atomic E-state index is 1.08. The molecule has 3 aromatic rings. The average molecular weight is 391 g/mol. The van der Waals surface area contributed by atoms with Crippen molar-refractivity contribution in [3.63, 3.8) is 0 Å². The van der Waals surface area contributed by atoms with E-state index in [2.05, 4.69) is 86.6 Å². The Morgan fingerprint density at radius 1 is 1.14 bits per heavy atom. The van der Waals surface area contributed by atoms with E-state index in [-0.39, 0.29) is 0 Å². The van der Waals surface area contributed by atoms with E-state index >= 15 is 0 Å². The first-order valence-corrected chi connectivity index (χ1v) is 7.57. The Balaban J connectivity index is 2.00. The average Bonchev–Trinajstić information content (AvgIpc) is 3.05. The molecule has 2 aromatic heterocycles. The van der Waals surface area contributed by atoms with Gasteiger partial charge in [0.2, 0.25) is 0 Å². The molecule has 0 aliphatic rings. The van der Waals surface area contributed by atoms with Crippen molar-refractivity contribution in [3.05, 3.63) is 63.5 Å². The maximum absolute atomic E-state index is 4.31. The van der Waals surface area contributed by atoms with E-state index in [1.807, 2.05) is 6.21 Å². The first-order chi connectivity index (χ1) is 10.1. The van der Waals surface area contributed by atoms with Crippen molar-refractivity contribution in [3.8, 4) is 5.69 Å². The summed E-state index contributed by atoms with van der Waals surface area (Å²) in [5, 5.41) is 11.8. The van der Waals surface area contributed by atoms with Gasteiger partial charge in [-0.15, -0.1) is 10.2 Å². The number of hydrogen-bond acceptors (Lipinski definition) is 3.